The number of aryl methyl sites for hydroxylation is 2. The number of sulfonamides is 1. The van der Waals surface area contributed by atoms with Gasteiger partial charge in [0.25, 0.3) is 15.9 Å². The van der Waals surface area contributed by atoms with Gasteiger partial charge in [0.15, 0.2) is 0 Å². The first kappa shape index (κ1) is 25.8. The summed E-state index contributed by atoms with van der Waals surface area (Å²) < 4.78 is 33.7. The Kier molecular flexibility index (Phi) is 8.14. The van der Waals surface area contributed by atoms with E-state index in [4.69, 9.17) is 4.74 Å². The van der Waals surface area contributed by atoms with Crippen molar-refractivity contribution < 1.29 is 22.7 Å². The number of carbonyl (C=O) groups is 2. The number of amides is 1. The highest BCUT2D eigenvalue weighted by atomic mass is 32.2. The van der Waals surface area contributed by atoms with Crippen LogP contribution in [0.1, 0.15) is 45.7 Å². The highest BCUT2D eigenvalue weighted by Gasteiger charge is 2.20. The molecule has 3 N–H and O–H groups in total. The number of nitrogens with one attached hydrogen (secondary N) is 3. The molecule has 0 saturated heterocycles. The van der Waals surface area contributed by atoms with Crippen LogP contribution in [0.15, 0.2) is 65.6 Å². The molecule has 0 aromatic heterocycles. The van der Waals surface area contributed by atoms with Gasteiger partial charge in [-0.25, -0.2) is 13.2 Å². The molecule has 0 unspecified atom stereocenters. The topological polar surface area (TPSA) is 114 Å². The third kappa shape index (κ3) is 6.39. The lowest BCUT2D eigenvalue weighted by atomic mass is 10.1. The monoisotopic (exact) mass is 495 g/mol. The van der Waals surface area contributed by atoms with Crippen LogP contribution in [0.25, 0.3) is 0 Å². The molecule has 3 rings (SSSR count). The Bertz CT molecular complexity index is 1340. The standard InChI is InChI=1S/C26H29N3O5S/c1-5-27-22-14-11-20(26(31)34-6-2)15-23(22)28-25(30)19-10-9-18(4)24(16-19)35(32,33)29-21-12-7-17(3)8-13-21/h7-16,27,29H,5-6H2,1-4H3,(H,28,30). The number of rotatable bonds is 9. The number of hydrogen-bond acceptors (Lipinski definition) is 6. The van der Waals surface area contributed by atoms with Gasteiger partial charge in [-0.15, -0.1) is 0 Å². The lowest BCUT2D eigenvalue weighted by Crippen LogP contribution is -2.18. The Labute approximate surface area is 205 Å². The van der Waals surface area contributed by atoms with Gasteiger partial charge in [0.1, 0.15) is 0 Å². The Morgan fingerprint density at radius 2 is 1.54 bits per heavy atom. The molecule has 0 fully saturated rings. The molecule has 1 amide bonds. The van der Waals surface area contributed by atoms with Crippen molar-refractivity contribution in [2.45, 2.75) is 32.6 Å². The summed E-state index contributed by atoms with van der Waals surface area (Å²) >= 11 is 0. The largest absolute Gasteiger partial charge is 0.462 e. The van der Waals surface area contributed by atoms with E-state index in [-0.39, 0.29) is 17.1 Å². The molecule has 35 heavy (non-hydrogen) atoms. The lowest BCUT2D eigenvalue weighted by molar-refractivity contribution is 0.0526. The number of hydrogen-bond donors (Lipinski definition) is 3. The fourth-order valence-corrected chi connectivity index (χ4v) is 4.72. The van der Waals surface area contributed by atoms with Crippen LogP contribution in [-0.2, 0) is 14.8 Å². The average molecular weight is 496 g/mol. The Morgan fingerprint density at radius 1 is 0.857 bits per heavy atom. The Morgan fingerprint density at radius 3 is 2.20 bits per heavy atom. The summed E-state index contributed by atoms with van der Waals surface area (Å²) in [5, 5.41) is 5.91. The first-order valence-corrected chi connectivity index (χ1v) is 12.7. The summed E-state index contributed by atoms with van der Waals surface area (Å²) in [4.78, 5) is 25.2. The van der Waals surface area contributed by atoms with Crippen molar-refractivity contribution in [2.75, 3.05) is 28.5 Å². The zero-order chi connectivity index (χ0) is 25.6. The number of carbonyl (C=O) groups excluding carboxylic acids is 2. The molecule has 0 saturated carbocycles. The first-order chi connectivity index (χ1) is 16.6. The van der Waals surface area contributed by atoms with E-state index in [1.54, 1.807) is 62.4 Å². The van der Waals surface area contributed by atoms with Gasteiger partial charge >= 0.3 is 5.97 Å². The van der Waals surface area contributed by atoms with Crippen molar-refractivity contribution >= 4 is 39.0 Å². The number of ether oxygens (including phenoxy) is 1. The van der Waals surface area contributed by atoms with Crippen LogP contribution in [0, 0.1) is 13.8 Å². The van der Waals surface area contributed by atoms with E-state index >= 15 is 0 Å². The molecule has 3 aromatic carbocycles. The van der Waals surface area contributed by atoms with Gasteiger partial charge < -0.3 is 15.4 Å². The van der Waals surface area contributed by atoms with Crippen molar-refractivity contribution in [1.29, 1.82) is 0 Å². The van der Waals surface area contributed by atoms with Gasteiger partial charge in [0.2, 0.25) is 0 Å². The van der Waals surface area contributed by atoms with Crippen LogP contribution in [0.5, 0.6) is 0 Å². The fourth-order valence-electron chi connectivity index (χ4n) is 3.39. The third-order valence-electron chi connectivity index (χ3n) is 5.19. The SMILES string of the molecule is CCNc1ccc(C(=O)OCC)cc1NC(=O)c1ccc(C)c(S(=O)(=O)Nc2ccc(C)cc2)c1. The minimum Gasteiger partial charge on any atom is -0.462 e. The molecule has 0 aliphatic heterocycles. The molecule has 0 aliphatic carbocycles. The second kappa shape index (κ2) is 11.1. The number of esters is 1. The first-order valence-electron chi connectivity index (χ1n) is 11.2. The van der Waals surface area contributed by atoms with Gasteiger partial charge in [0, 0.05) is 17.8 Å². The third-order valence-corrected chi connectivity index (χ3v) is 6.71. The molecule has 0 atom stereocenters. The Hall–Kier alpha value is -3.85. The van der Waals surface area contributed by atoms with E-state index in [0.29, 0.717) is 34.7 Å². The molecule has 0 heterocycles. The quantitative estimate of drug-likeness (QED) is 0.362. The molecule has 3 aromatic rings. The molecule has 0 spiro atoms. The smallest absolute Gasteiger partial charge is 0.338 e. The summed E-state index contributed by atoms with van der Waals surface area (Å²) in [7, 11) is -3.93. The van der Waals surface area contributed by atoms with Gasteiger partial charge in [-0.1, -0.05) is 23.8 Å². The molecular formula is C26H29N3O5S. The van der Waals surface area contributed by atoms with Crippen molar-refractivity contribution in [3.8, 4) is 0 Å². The average Bonchev–Trinajstić information content (AvgIpc) is 2.82. The van der Waals surface area contributed by atoms with Gasteiger partial charge in [-0.05, 0) is 75.7 Å². The van der Waals surface area contributed by atoms with Crippen molar-refractivity contribution in [3.05, 3.63) is 82.9 Å². The van der Waals surface area contributed by atoms with E-state index < -0.39 is 21.9 Å². The normalized spacial score (nSPS) is 11.0. The second-order valence-electron chi connectivity index (χ2n) is 7.92. The van der Waals surface area contributed by atoms with Crippen LogP contribution in [-0.4, -0.2) is 33.4 Å². The minimum absolute atomic E-state index is 0.00194. The van der Waals surface area contributed by atoms with E-state index in [0.717, 1.165) is 5.56 Å². The van der Waals surface area contributed by atoms with Crippen LogP contribution in [0.4, 0.5) is 17.1 Å². The summed E-state index contributed by atoms with van der Waals surface area (Å²) in [5.74, 6) is -1.02. The summed E-state index contributed by atoms with van der Waals surface area (Å²) in [6.07, 6.45) is 0. The molecule has 0 aliphatic rings. The summed E-state index contributed by atoms with van der Waals surface area (Å²) in [6, 6.07) is 16.3. The molecule has 0 radical (unpaired) electrons. The zero-order valence-corrected chi connectivity index (χ0v) is 21.0. The maximum Gasteiger partial charge on any atom is 0.338 e. The van der Waals surface area contributed by atoms with Crippen LogP contribution >= 0.6 is 0 Å². The van der Waals surface area contributed by atoms with E-state index in [1.165, 1.54) is 12.1 Å². The van der Waals surface area contributed by atoms with Crippen molar-refractivity contribution in [3.63, 3.8) is 0 Å². The second-order valence-corrected chi connectivity index (χ2v) is 9.57. The molecule has 9 heteroatoms. The van der Waals surface area contributed by atoms with Gasteiger partial charge in [-0.3, -0.25) is 9.52 Å². The van der Waals surface area contributed by atoms with Gasteiger partial charge in [-0.2, -0.15) is 0 Å². The Balaban J connectivity index is 1.90. The highest BCUT2D eigenvalue weighted by molar-refractivity contribution is 7.92. The molecular weight excluding hydrogens is 466 g/mol. The summed E-state index contributed by atoms with van der Waals surface area (Å²) in [6.45, 7) is 8.02. The number of anilines is 3. The minimum atomic E-state index is -3.93. The maximum atomic E-state index is 13.1. The fraction of sp³-hybridized carbons (Fsp3) is 0.231. The van der Waals surface area contributed by atoms with Crippen molar-refractivity contribution in [1.82, 2.24) is 0 Å². The predicted octanol–water partition coefficient (Wildman–Crippen LogP) is 4.97. The highest BCUT2D eigenvalue weighted by Crippen LogP contribution is 2.26. The summed E-state index contributed by atoms with van der Waals surface area (Å²) in [5.41, 5.74) is 3.38. The van der Waals surface area contributed by atoms with E-state index in [9.17, 15) is 18.0 Å². The lowest BCUT2D eigenvalue weighted by Gasteiger charge is -2.15. The zero-order valence-electron chi connectivity index (χ0n) is 20.1. The van der Waals surface area contributed by atoms with Crippen molar-refractivity contribution in [2.24, 2.45) is 0 Å². The van der Waals surface area contributed by atoms with E-state index in [2.05, 4.69) is 15.4 Å². The van der Waals surface area contributed by atoms with Crippen LogP contribution in [0.3, 0.4) is 0 Å². The van der Waals surface area contributed by atoms with E-state index in [1.807, 2.05) is 13.8 Å². The molecule has 0 bridgehead atoms. The van der Waals surface area contributed by atoms with Crippen LogP contribution in [0.2, 0.25) is 0 Å². The number of benzene rings is 3. The molecule has 8 nitrogen and oxygen atoms in total. The predicted molar refractivity (Wildman–Crippen MR) is 138 cm³/mol. The van der Waals surface area contributed by atoms with Gasteiger partial charge in [0.05, 0.1) is 28.4 Å². The van der Waals surface area contributed by atoms with Crippen LogP contribution < -0.4 is 15.4 Å². The maximum absolute atomic E-state index is 13.1. The molecule has 184 valence electrons.